The van der Waals surface area contributed by atoms with Crippen molar-refractivity contribution in [2.45, 2.75) is 39.9 Å². The van der Waals surface area contributed by atoms with E-state index in [1.165, 1.54) is 5.56 Å². The minimum Gasteiger partial charge on any atom is -0.463 e. The number of furan rings is 1. The summed E-state index contributed by atoms with van der Waals surface area (Å²) in [7, 11) is 2.09. The van der Waals surface area contributed by atoms with Crippen molar-refractivity contribution in [1.29, 1.82) is 0 Å². The Morgan fingerprint density at radius 3 is 2.95 bits per heavy atom. The van der Waals surface area contributed by atoms with Crippen LogP contribution in [0, 0.1) is 6.92 Å². The van der Waals surface area contributed by atoms with Gasteiger partial charge in [0.25, 0.3) is 0 Å². The number of nitrogens with zero attached hydrogens (tertiary/aromatic N) is 2. The summed E-state index contributed by atoms with van der Waals surface area (Å²) in [5.74, 6) is 2.07. The van der Waals surface area contributed by atoms with Crippen LogP contribution >= 0.6 is 11.3 Å². The van der Waals surface area contributed by atoms with Crippen LogP contribution in [0.15, 0.2) is 21.4 Å². The monoisotopic (exact) mass is 293 g/mol. The molecule has 2 aromatic rings. The standard InChI is InChI=1S/C15H23N3OS/c1-4-5-16-7-15-12(2)6-14(19-15)9-18(3)8-13-10-20-11-17-13/h6,10-11,16H,4-5,7-9H2,1-3H3. The van der Waals surface area contributed by atoms with Crippen molar-refractivity contribution in [2.75, 3.05) is 13.6 Å². The van der Waals surface area contributed by atoms with E-state index in [2.05, 4.69) is 47.5 Å². The lowest BCUT2D eigenvalue weighted by Crippen LogP contribution is -2.17. The fourth-order valence-electron chi connectivity index (χ4n) is 2.14. The third-order valence-electron chi connectivity index (χ3n) is 3.13. The van der Waals surface area contributed by atoms with Crippen molar-refractivity contribution in [1.82, 2.24) is 15.2 Å². The average Bonchev–Trinajstić information content (AvgIpc) is 3.00. The molecule has 0 saturated heterocycles. The van der Waals surface area contributed by atoms with E-state index in [0.29, 0.717) is 0 Å². The first-order chi connectivity index (χ1) is 9.69. The van der Waals surface area contributed by atoms with E-state index in [-0.39, 0.29) is 0 Å². The molecule has 1 N–H and O–H groups in total. The average molecular weight is 293 g/mol. The minimum atomic E-state index is 0.812. The molecule has 0 aliphatic heterocycles. The summed E-state index contributed by atoms with van der Waals surface area (Å²) in [5.41, 5.74) is 4.22. The molecule has 2 rings (SSSR count). The van der Waals surface area contributed by atoms with Crippen molar-refractivity contribution >= 4 is 11.3 Å². The van der Waals surface area contributed by atoms with Gasteiger partial charge < -0.3 is 9.73 Å². The van der Waals surface area contributed by atoms with Gasteiger partial charge in [-0.05, 0) is 38.6 Å². The van der Waals surface area contributed by atoms with Crippen LogP contribution in [0.25, 0.3) is 0 Å². The zero-order valence-corrected chi connectivity index (χ0v) is 13.3. The lowest BCUT2D eigenvalue weighted by Gasteiger charge is -2.13. The number of rotatable bonds is 8. The molecule has 0 aromatic carbocycles. The molecule has 0 aliphatic rings. The Morgan fingerprint density at radius 1 is 1.40 bits per heavy atom. The predicted octanol–water partition coefficient (Wildman–Crippen LogP) is 3.18. The summed E-state index contributed by atoms with van der Waals surface area (Å²) < 4.78 is 5.93. The second kappa shape index (κ2) is 7.57. The maximum atomic E-state index is 5.93. The number of hydrogen-bond acceptors (Lipinski definition) is 5. The van der Waals surface area contributed by atoms with Crippen molar-refractivity contribution in [3.63, 3.8) is 0 Å². The summed E-state index contributed by atoms with van der Waals surface area (Å²) >= 11 is 1.64. The summed E-state index contributed by atoms with van der Waals surface area (Å²) in [6.07, 6.45) is 1.14. The number of thiazole rings is 1. The lowest BCUT2D eigenvalue weighted by molar-refractivity contribution is 0.280. The van der Waals surface area contributed by atoms with Gasteiger partial charge in [-0.25, -0.2) is 4.98 Å². The molecule has 5 heteroatoms. The predicted molar refractivity (Wildman–Crippen MR) is 82.7 cm³/mol. The smallest absolute Gasteiger partial charge is 0.120 e. The first-order valence-corrected chi connectivity index (χ1v) is 7.97. The molecule has 0 bridgehead atoms. The lowest BCUT2D eigenvalue weighted by atomic mass is 10.2. The highest BCUT2D eigenvalue weighted by Gasteiger charge is 2.10. The van der Waals surface area contributed by atoms with E-state index in [1.807, 2.05) is 5.51 Å². The molecule has 0 amide bonds. The molecule has 0 radical (unpaired) electrons. The van der Waals surface area contributed by atoms with Gasteiger partial charge in [-0.2, -0.15) is 0 Å². The Hall–Kier alpha value is -1.17. The van der Waals surface area contributed by atoms with Gasteiger partial charge in [-0.3, -0.25) is 4.90 Å². The van der Waals surface area contributed by atoms with Gasteiger partial charge in [-0.1, -0.05) is 6.92 Å². The summed E-state index contributed by atoms with van der Waals surface area (Å²) in [5, 5.41) is 5.47. The normalized spacial score (nSPS) is 11.4. The van der Waals surface area contributed by atoms with Crippen molar-refractivity contribution in [3.05, 3.63) is 39.7 Å². The minimum absolute atomic E-state index is 0.812. The second-order valence-corrected chi connectivity index (χ2v) is 5.87. The third kappa shape index (κ3) is 4.44. The van der Waals surface area contributed by atoms with Gasteiger partial charge >= 0.3 is 0 Å². The van der Waals surface area contributed by atoms with Gasteiger partial charge in [0.1, 0.15) is 11.5 Å². The maximum absolute atomic E-state index is 5.93. The Kier molecular flexibility index (Phi) is 5.76. The van der Waals surface area contributed by atoms with E-state index >= 15 is 0 Å². The van der Waals surface area contributed by atoms with Crippen LogP contribution < -0.4 is 5.32 Å². The van der Waals surface area contributed by atoms with E-state index in [9.17, 15) is 0 Å². The van der Waals surface area contributed by atoms with E-state index in [4.69, 9.17) is 4.42 Å². The number of hydrogen-bond donors (Lipinski definition) is 1. The fraction of sp³-hybridized carbons (Fsp3) is 0.533. The molecule has 2 aromatic heterocycles. The molecule has 0 fully saturated rings. The Balaban J connectivity index is 1.87. The highest BCUT2D eigenvalue weighted by atomic mass is 32.1. The molecule has 2 heterocycles. The Labute approximate surface area is 124 Å². The number of aromatic nitrogens is 1. The fourth-order valence-corrected chi connectivity index (χ4v) is 2.69. The topological polar surface area (TPSA) is 41.3 Å². The third-order valence-corrected chi connectivity index (χ3v) is 3.76. The molecule has 0 atom stereocenters. The second-order valence-electron chi connectivity index (χ2n) is 5.15. The van der Waals surface area contributed by atoms with Crippen LogP contribution in [-0.2, 0) is 19.6 Å². The van der Waals surface area contributed by atoms with Crippen molar-refractivity contribution < 1.29 is 4.42 Å². The Bertz CT molecular complexity index is 507. The largest absolute Gasteiger partial charge is 0.463 e. The number of nitrogens with one attached hydrogen (secondary N) is 1. The summed E-state index contributed by atoms with van der Waals surface area (Å²) in [6.45, 7) is 7.78. The van der Waals surface area contributed by atoms with E-state index < -0.39 is 0 Å². The van der Waals surface area contributed by atoms with Gasteiger partial charge in [0.05, 0.1) is 24.3 Å². The van der Waals surface area contributed by atoms with Crippen LogP contribution in [0.4, 0.5) is 0 Å². The molecule has 0 saturated carbocycles. The molecule has 110 valence electrons. The van der Waals surface area contributed by atoms with Gasteiger partial charge in [0.2, 0.25) is 0 Å². The van der Waals surface area contributed by atoms with Gasteiger partial charge in [0, 0.05) is 11.9 Å². The van der Waals surface area contributed by atoms with Crippen molar-refractivity contribution in [3.8, 4) is 0 Å². The van der Waals surface area contributed by atoms with Crippen LogP contribution in [0.2, 0.25) is 0 Å². The zero-order chi connectivity index (χ0) is 14.4. The highest BCUT2D eigenvalue weighted by Crippen LogP contribution is 2.17. The summed E-state index contributed by atoms with van der Waals surface area (Å²) in [6, 6.07) is 2.14. The van der Waals surface area contributed by atoms with Crippen LogP contribution in [-0.4, -0.2) is 23.5 Å². The van der Waals surface area contributed by atoms with Crippen LogP contribution in [0.1, 0.15) is 36.1 Å². The summed E-state index contributed by atoms with van der Waals surface area (Å²) in [4.78, 5) is 6.53. The molecule has 20 heavy (non-hydrogen) atoms. The molecule has 0 unspecified atom stereocenters. The maximum Gasteiger partial charge on any atom is 0.120 e. The molecule has 0 aliphatic carbocycles. The Morgan fingerprint density at radius 2 is 2.25 bits per heavy atom. The highest BCUT2D eigenvalue weighted by molar-refractivity contribution is 7.07. The molecule has 0 spiro atoms. The zero-order valence-electron chi connectivity index (χ0n) is 12.5. The van der Waals surface area contributed by atoms with Crippen LogP contribution in [0.5, 0.6) is 0 Å². The molecular weight excluding hydrogens is 270 g/mol. The number of aryl methyl sites for hydroxylation is 1. The van der Waals surface area contributed by atoms with Gasteiger partial charge in [0.15, 0.2) is 0 Å². The first-order valence-electron chi connectivity index (χ1n) is 7.03. The van der Waals surface area contributed by atoms with E-state index in [1.54, 1.807) is 11.3 Å². The molecular formula is C15H23N3OS. The van der Waals surface area contributed by atoms with Crippen LogP contribution in [0.3, 0.4) is 0 Å². The first kappa shape index (κ1) is 15.2. The quantitative estimate of drug-likeness (QED) is 0.759. The van der Waals surface area contributed by atoms with E-state index in [0.717, 1.165) is 49.8 Å². The SMILES string of the molecule is CCCNCc1oc(CN(C)Cc2cscn2)cc1C. The van der Waals surface area contributed by atoms with Crippen molar-refractivity contribution in [2.24, 2.45) is 0 Å². The van der Waals surface area contributed by atoms with Gasteiger partial charge in [-0.15, -0.1) is 11.3 Å². The molecule has 4 nitrogen and oxygen atoms in total.